The Morgan fingerprint density at radius 1 is 1.10 bits per heavy atom. The SMILES string of the molecule is COc1cc(C(=O)Nc2ccc(Oc3ccc(F)cc3)nc2)cc2c1OCCO2. The van der Waals surface area contributed by atoms with E-state index in [4.69, 9.17) is 18.9 Å². The molecule has 0 saturated heterocycles. The number of anilines is 1. The molecule has 1 N–H and O–H groups in total. The number of carbonyl (C=O) groups is 1. The van der Waals surface area contributed by atoms with E-state index in [9.17, 15) is 9.18 Å². The van der Waals surface area contributed by atoms with Gasteiger partial charge in [0.25, 0.3) is 5.91 Å². The molecule has 1 aliphatic rings. The first-order valence-electron chi connectivity index (χ1n) is 8.81. The summed E-state index contributed by atoms with van der Waals surface area (Å²) in [5.74, 6) is 1.44. The van der Waals surface area contributed by atoms with Gasteiger partial charge in [0.1, 0.15) is 24.8 Å². The molecule has 3 aromatic rings. The number of methoxy groups -OCH3 is 1. The molecule has 0 bridgehead atoms. The maximum Gasteiger partial charge on any atom is 0.255 e. The first-order valence-corrected chi connectivity index (χ1v) is 8.81. The van der Waals surface area contributed by atoms with Gasteiger partial charge < -0.3 is 24.3 Å². The number of nitrogens with zero attached hydrogens (tertiary/aromatic N) is 1. The fourth-order valence-electron chi connectivity index (χ4n) is 2.75. The van der Waals surface area contributed by atoms with E-state index in [1.165, 1.54) is 37.6 Å². The van der Waals surface area contributed by atoms with Crippen molar-refractivity contribution in [3.05, 3.63) is 66.1 Å². The van der Waals surface area contributed by atoms with Crippen LogP contribution in [-0.4, -0.2) is 31.2 Å². The Morgan fingerprint density at radius 3 is 2.62 bits per heavy atom. The summed E-state index contributed by atoms with van der Waals surface area (Å²) in [4.78, 5) is 16.8. The molecule has 29 heavy (non-hydrogen) atoms. The van der Waals surface area contributed by atoms with Crippen molar-refractivity contribution in [2.24, 2.45) is 0 Å². The third kappa shape index (κ3) is 4.21. The van der Waals surface area contributed by atoms with Crippen LogP contribution in [0.4, 0.5) is 10.1 Å². The van der Waals surface area contributed by atoms with E-state index in [1.807, 2.05) is 0 Å². The summed E-state index contributed by atoms with van der Waals surface area (Å²) >= 11 is 0. The summed E-state index contributed by atoms with van der Waals surface area (Å²) in [7, 11) is 1.50. The molecule has 0 fully saturated rings. The van der Waals surface area contributed by atoms with Crippen molar-refractivity contribution in [2.45, 2.75) is 0 Å². The number of hydrogen-bond acceptors (Lipinski definition) is 6. The molecule has 1 amide bonds. The van der Waals surface area contributed by atoms with Crippen LogP contribution in [0.1, 0.15) is 10.4 Å². The molecule has 148 valence electrons. The molecule has 7 nitrogen and oxygen atoms in total. The van der Waals surface area contributed by atoms with Gasteiger partial charge in [0, 0.05) is 11.6 Å². The summed E-state index contributed by atoms with van der Waals surface area (Å²) in [6, 6.07) is 12.0. The Bertz CT molecular complexity index is 1010. The molecular formula is C21H17FN2O5. The molecule has 1 aromatic heterocycles. The minimum Gasteiger partial charge on any atom is -0.493 e. The zero-order valence-corrected chi connectivity index (χ0v) is 15.5. The van der Waals surface area contributed by atoms with E-state index in [0.29, 0.717) is 53.3 Å². The quantitative estimate of drug-likeness (QED) is 0.701. The van der Waals surface area contributed by atoms with Gasteiger partial charge in [-0.1, -0.05) is 0 Å². The third-order valence-electron chi connectivity index (χ3n) is 4.12. The highest BCUT2D eigenvalue weighted by Crippen LogP contribution is 2.40. The Kier molecular flexibility index (Phi) is 5.15. The van der Waals surface area contributed by atoms with E-state index in [0.717, 1.165) is 0 Å². The minimum atomic E-state index is -0.353. The van der Waals surface area contributed by atoms with Gasteiger partial charge in [-0.3, -0.25) is 4.79 Å². The Labute approximate surface area is 166 Å². The van der Waals surface area contributed by atoms with Crippen LogP contribution in [0.2, 0.25) is 0 Å². The van der Waals surface area contributed by atoms with Crippen LogP contribution in [-0.2, 0) is 0 Å². The first kappa shape index (κ1) is 18.5. The number of aromatic nitrogens is 1. The van der Waals surface area contributed by atoms with E-state index < -0.39 is 0 Å². The first-order chi connectivity index (χ1) is 14.1. The Morgan fingerprint density at radius 2 is 1.90 bits per heavy atom. The maximum atomic E-state index is 12.9. The Balaban J connectivity index is 1.46. The van der Waals surface area contributed by atoms with E-state index in [-0.39, 0.29) is 11.7 Å². The summed E-state index contributed by atoms with van der Waals surface area (Å²) < 4.78 is 34.9. The number of hydrogen-bond donors (Lipinski definition) is 1. The van der Waals surface area contributed by atoms with Gasteiger partial charge in [-0.25, -0.2) is 9.37 Å². The average Bonchev–Trinajstić information content (AvgIpc) is 2.76. The van der Waals surface area contributed by atoms with Crippen LogP contribution in [0.5, 0.6) is 28.9 Å². The second kappa shape index (κ2) is 8.05. The summed E-state index contributed by atoms with van der Waals surface area (Å²) in [5.41, 5.74) is 0.841. The fraction of sp³-hybridized carbons (Fsp3) is 0.143. The van der Waals surface area contributed by atoms with Gasteiger partial charge in [0.05, 0.1) is 19.0 Å². The molecule has 0 unspecified atom stereocenters. The van der Waals surface area contributed by atoms with Gasteiger partial charge in [-0.05, 0) is 42.5 Å². The predicted molar refractivity (Wildman–Crippen MR) is 103 cm³/mol. The minimum absolute atomic E-state index is 0.315. The van der Waals surface area contributed by atoms with E-state index in [2.05, 4.69) is 10.3 Å². The average molecular weight is 396 g/mol. The molecule has 2 aromatic carbocycles. The van der Waals surface area contributed by atoms with Crippen LogP contribution in [0, 0.1) is 5.82 Å². The summed E-state index contributed by atoms with van der Waals surface area (Å²) in [6.07, 6.45) is 1.46. The van der Waals surface area contributed by atoms with Crippen LogP contribution >= 0.6 is 0 Å². The van der Waals surface area contributed by atoms with Crippen LogP contribution in [0.15, 0.2) is 54.7 Å². The number of nitrogens with one attached hydrogen (secondary N) is 1. The van der Waals surface area contributed by atoms with Crippen molar-refractivity contribution in [1.82, 2.24) is 4.98 Å². The fourth-order valence-corrected chi connectivity index (χ4v) is 2.75. The van der Waals surface area contributed by atoms with Crippen molar-refractivity contribution < 1.29 is 28.1 Å². The molecular weight excluding hydrogens is 379 g/mol. The zero-order chi connectivity index (χ0) is 20.2. The molecule has 2 heterocycles. The van der Waals surface area contributed by atoms with Crippen molar-refractivity contribution in [3.8, 4) is 28.9 Å². The molecule has 0 aliphatic carbocycles. The number of ether oxygens (including phenoxy) is 4. The monoisotopic (exact) mass is 396 g/mol. The lowest BCUT2D eigenvalue weighted by Crippen LogP contribution is -2.18. The number of amides is 1. The molecule has 1 aliphatic heterocycles. The largest absolute Gasteiger partial charge is 0.493 e. The van der Waals surface area contributed by atoms with E-state index >= 15 is 0 Å². The number of rotatable bonds is 5. The van der Waals surface area contributed by atoms with Crippen molar-refractivity contribution in [3.63, 3.8) is 0 Å². The summed E-state index contributed by atoms with van der Waals surface area (Å²) in [5, 5.41) is 2.76. The van der Waals surface area contributed by atoms with Crippen molar-refractivity contribution in [1.29, 1.82) is 0 Å². The molecule has 0 atom stereocenters. The van der Waals surface area contributed by atoms with Crippen LogP contribution in [0.3, 0.4) is 0 Å². The lowest BCUT2D eigenvalue weighted by atomic mass is 10.1. The number of benzene rings is 2. The molecule has 0 saturated carbocycles. The lowest BCUT2D eigenvalue weighted by molar-refractivity contribution is 0.102. The highest BCUT2D eigenvalue weighted by atomic mass is 19.1. The van der Waals surface area contributed by atoms with E-state index in [1.54, 1.807) is 24.3 Å². The topological polar surface area (TPSA) is 78.9 Å². The highest BCUT2D eigenvalue weighted by molar-refractivity contribution is 6.05. The number of halogens is 1. The van der Waals surface area contributed by atoms with Crippen molar-refractivity contribution in [2.75, 3.05) is 25.6 Å². The third-order valence-corrected chi connectivity index (χ3v) is 4.12. The molecule has 4 rings (SSSR count). The second-order valence-electron chi connectivity index (χ2n) is 6.10. The molecule has 0 spiro atoms. The van der Waals surface area contributed by atoms with Gasteiger partial charge in [0.15, 0.2) is 11.5 Å². The summed E-state index contributed by atoms with van der Waals surface area (Å²) in [6.45, 7) is 0.827. The highest BCUT2D eigenvalue weighted by Gasteiger charge is 2.21. The van der Waals surface area contributed by atoms with Gasteiger partial charge >= 0.3 is 0 Å². The van der Waals surface area contributed by atoms with Gasteiger partial charge in [-0.15, -0.1) is 0 Å². The molecule has 8 heteroatoms. The predicted octanol–water partition coefficient (Wildman–Crippen LogP) is 4.05. The second-order valence-corrected chi connectivity index (χ2v) is 6.10. The smallest absolute Gasteiger partial charge is 0.255 e. The number of carbonyl (C=O) groups excluding carboxylic acids is 1. The van der Waals surface area contributed by atoms with Gasteiger partial charge in [-0.2, -0.15) is 0 Å². The number of pyridine rings is 1. The van der Waals surface area contributed by atoms with Crippen LogP contribution in [0.25, 0.3) is 0 Å². The zero-order valence-electron chi connectivity index (χ0n) is 15.5. The Hall–Kier alpha value is -3.81. The lowest BCUT2D eigenvalue weighted by Gasteiger charge is -2.21. The normalized spacial score (nSPS) is 12.2. The maximum absolute atomic E-state index is 12.9. The number of fused-ring (bicyclic) bond motifs is 1. The van der Waals surface area contributed by atoms with Crippen LogP contribution < -0.4 is 24.3 Å². The molecule has 0 radical (unpaired) electrons. The van der Waals surface area contributed by atoms with Gasteiger partial charge in [0.2, 0.25) is 11.6 Å². The standard InChI is InChI=1S/C21H17FN2O5/c1-26-17-10-13(11-18-20(17)28-9-8-27-18)21(25)24-15-4-7-19(23-12-15)29-16-5-2-14(22)3-6-16/h2-7,10-12H,8-9H2,1H3,(H,24,25). The van der Waals surface area contributed by atoms with Crippen molar-refractivity contribution >= 4 is 11.6 Å².